The predicted octanol–water partition coefficient (Wildman–Crippen LogP) is 2.83. The van der Waals surface area contributed by atoms with Crippen molar-refractivity contribution in [2.75, 3.05) is 13.7 Å². The van der Waals surface area contributed by atoms with E-state index >= 15 is 0 Å². The maximum atomic E-state index is 12.7. The first-order chi connectivity index (χ1) is 14.2. The number of nitrogens with zero attached hydrogens (tertiary/aromatic N) is 1. The van der Waals surface area contributed by atoms with Crippen molar-refractivity contribution in [1.82, 2.24) is 10.7 Å². The monoisotopic (exact) mass is 387 g/mol. The third-order valence-corrected chi connectivity index (χ3v) is 5.21. The number of hydrogen-bond acceptors (Lipinski definition) is 4. The van der Waals surface area contributed by atoms with Crippen molar-refractivity contribution < 1.29 is 14.3 Å². The van der Waals surface area contributed by atoms with Gasteiger partial charge in [-0.2, -0.15) is 5.10 Å². The van der Waals surface area contributed by atoms with Gasteiger partial charge in [-0.1, -0.05) is 60.7 Å². The summed E-state index contributed by atoms with van der Waals surface area (Å²) in [7, 11) is 1.59. The highest BCUT2D eigenvalue weighted by atomic mass is 16.5. The predicted molar refractivity (Wildman–Crippen MR) is 112 cm³/mol. The molecule has 1 heterocycles. The normalized spacial score (nSPS) is 18.7. The van der Waals surface area contributed by atoms with Crippen molar-refractivity contribution in [2.45, 2.75) is 5.92 Å². The third-order valence-electron chi connectivity index (χ3n) is 5.21. The molecule has 2 amide bonds. The van der Waals surface area contributed by atoms with Crippen LogP contribution in [-0.2, 0) is 9.59 Å². The van der Waals surface area contributed by atoms with Crippen molar-refractivity contribution in [1.29, 1.82) is 0 Å². The second kappa shape index (κ2) is 8.14. The first-order valence-electron chi connectivity index (χ1n) is 9.40. The molecule has 0 radical (unpaired) electrons. The molecule has 3 aromatic rings. The molecule has 2 unspecified atom stereocenters. The number of ether oxygens (including phenoxy) is 1. The molecule has 1 aliphatic heterocycles. The van der Waals surface area contributed by atoms with E-state index in [9.17, 15) is 9.59 Å². The zero-order valence-corrected chi connectivity index (χ0v) is 16.0. The van der Waals surface area contributed by atoms with E-state index in [4.69, 9.17) is 4.74 Å². The zero-order valence-electron chi connectivity index (χ0n) is 16.0. The molecule has 29 heavy (non-hydrogen) atoms. The summed E-state index contributed by atoms with van der Waals surface area (Å²) in [6.45, 7) is 0.432. The van der Waals surface area contributed by atoms with E-state index < -0.39 is 11.8 Å². The Bertz CT molecular complexity index is 1080. The molecular weight excluding hydrogens is 366 g/mol. The molecule has 2 N–H and O–H groups in total. The van der Waals surface area contributed by atoms with Gasteiger partial charge in [-0.25, -0.2) is 5.43 Å². The lowest BCUT2D eigenvalue weighted by Gasteiger charge is -2.15. The minimum Gasteiger partial charge on any atom is -0.496 e. The number of methoxy groups -OCH3 is 1. The van der Waals surface area contributed by atoms with Gasteiger partial charge in [0.25, 0.3) is 5.91 Å². The van der Waals surface area contributed by atoms with Gasteiger partial charge in [-0.3, -0.25) is 9.59 Å². The van der Waals surface area contributed by atoms with Gasteiger partial charge in [0.1, 0.15) is 11.7 Å². The second-order valence-electron chi connectivity index (χ2n) is 6.88. The van der Waals surface area contributed by atoms with Crippen molar-refractivity contribution >= 4 is 28.8 Å². The molecule has 0 aromatic heterocycles. The van der Waals surface area contributed by atoms with Gasteiger partial charge in [-0.15, -0.1) is 0 Å². The molecule has 146 valence electrons. The van der Waals surface area contributed by atoms with Crippen molar-refractivity contribution in [3.8, 4) is 5.75 Å². The molecule has 1 saturated heterocycles. The summed E-state index contributed by atoms with van der Waals surface area (Å²) in [5.41, 5.74) is 4.25. The number of benzene rings is 3. The van der Waals surface area contributed by atoms with E-state index in [1.807, 2.05) is 66.7 Å². The summed E-state index contributed by atoms with van der Waals surface area (Å²) >= 11 is 0. The molecule has 1 fully saturated rings. The highest BCUT2D eigenvalue weighted by molar-refractivity contribution is 6.05. The number of amides is 2. The Morgan fingerprint density at radius 3 is 2.66 bits per heavy atom. The molecule has 4 rings (SSSR count). The Morgan fingerprint density at radius 1 is 1.10 bits per heavy atom. The quantitative estimate of drug-likeness (QED) is 0.401. The van der Waals surface area contributed by atoms with Crippen LogP contribution in [0.1, 0.15) is 17.0 Å². The Hall–Kier alpha value is -3.67. The molecule has 0 bridgehead atoms. The van der Waals surface area contributed by atoms with E-state index in [2.05, 4.69) is 15.8 Å². The van der Waals surface area contributed by atoms with E-state index in [-0.39, 0.29) is 11.8 Å². The number of hydrogen-bond donors (Lipinski definition) is 2. The van der Waals surface area contributed by atoms with E-state index in [1.54, 1.807) is 13.3 Å². The van der Waals surface area contributed by atoms with Gasteiger partial charge in [0.15, 0.2) is 0 Å². The van der Waals surface area contributed by atoms with Crippen LogP contribution < -0.4 is 15.5 Å². The average Bonchev–Trinajstić information content (AvgIpc) is 3.15. The summed E-state index contributed by atoms with van der Waals surface area (Å²) < 4.78 is 5.43. The first kappa shape index (κ1) is 18.7. The van der Waals surface area contributed by atoms with Gasteiger partial charge in [0.2, 0.25) is 5.91 Å². The van der Waals surface area contributed by atoms with Crippen molar-refractivity contribution in [2.24, 2.45) is 11.0 Å². The summed E-state index contributed by atoms with van der Waals surface area (Å²) in [6.07, 6.45) is 1.56. The number of hydrazone groups is 1. The number of carbonyl (C=O) groups excluding carboxylic acids is 2. The second-order valence-corrected chi connectivity index (χ2v) is 6.88. The first-order valence-corrected chi connectivity index (χ1v) is 9.40. The van der Waals surface area contributed by atoms with Gasteiger partial charge in [0.05, 0.1) is 13.3 Å². The fourth-order valence-corrected chi connectivity index (χ4v) is 3.75. The molecule has 2 atom stereocenters. The Morgan fingerprint density at radius 2 is 1.86 bits per heavy atom. The highest BCUT2D eigenvalue weighted by Crippen LogP contribution is 2.29. The van der Waals surface area contributed by atoms with Crippen LogP contribution in [-0.4, -0.2) is 31.7 Å². The zero-order chi connectivity index (χ0) is 20.2. The topological polar surface area (TPSA) is 79.8 Å². The highest BCUT2D eigenvalue weighted by Gasteiger charge is 2.40. The lowest BCUT2D eigenvalue weighted by atomic mass is 9.88. The minimum absolute atomic E-state index is 0.217. The van der Waals surface area contributed by atoms with Crippen molar-refractivity contribution in [3.63, 3.8) is 0 Å². The number of carbonyl (C=O) groups is 2. The van der Waals surface area contributed by atoms with Crippen LogP contribution in [0.4, 0.5) is 0 Å². The molecule has 1 aliphatic rings. The van der Waals surface area contributed by atoms with Crippen molar-refractivity contribution in [3.05, 3.63) is 77.9 Å². The van der Waals surface area contributed by atoms with Crippen LogP contribution in [0.15, 0.2) is 71.8 Å². The molecular formula is C23H21N3O3. The lowest BCUT2D eigenvalue weighted by molar-refractivity contribution is -0.133. The lowest BCUT2D eigenvalue weighted by Crippen LogP contribution is -2.34. The minimum atomic E-state index is -0.816. The standard InChI is InChI=1S/C23H21N3O3/c1-29-20-12-11-16-9-5-6-10-17(16)19(20)14-25-26-23(28)21-18(13-24-22(21)27)15-7-3-2-4-8-15/h2-12,14,18,21H,13H2,1H3,(H,24,27)(H,26,28)/b25-14-. The van der Waals surface area contributed by atoms with E-state index in [0.29, 0.717) is 12.3 Å². The van der Waals surface area contributed by atoms with Crippen LogP contribution in [0.5, 0.6) is 5.75 Å². The molecule has 3 aromatic carbocycles. The molecule has 6 nitrogen and oxygen atoms in total. The Balaban J connectivity index is 1.56. The fraction of sp³-hybridized carbons (Fsp3) is 0.174. The van der Waals surface area contributed by atoms with Crippen LogP contribution in [0.25, 0.3) is 10.8 Å². The van der Waals surface area contributed by atoms with Gasteiger partial charge in [0, 0.05) is 18.0 Å². The third kappa shape index (κ3) is 3.69. The van der Waals surface area contributed by atoms with Crippen LogP contribution in [0.3, 0.4) is 0 Å². The summed E-state index contributed by atoms with van der Waals surface area (Å²) in [4.78, 5) is 25.0. The van der Waals surface area contributed by atoms with E-state index in [0.717, 1.165) is 21.9 Å². The maximum Gasteiger partial charge on any atom is 0.253 e. The molecule has 0 spiro atoms. The summed E-state index contributed by atoms with van der Waals surface area (Å²) in [5, 5.41) is 8.91. The van der Waals surface area contributed by atoms with Crippen LogP contribution >= 0.6 is 0 Å². The number of nitrogens with one attached hydrogen (secondary N) is 2. The smallest absolute Gasteiger partial charge is 0.253 e. The maximum absolute atomic E-state index is 12.7. The number of rotatable bonds is 5. The van der Waals surface area contributed by atoms with Gasteiger partial charge < -0.3 is 10.1 Å². The largest absolute Gasteiger partial charge is 0.496 e. The summed E-state index contributed by atoms with van der Waals surface area (Å²) in [6, 6.07) is 21.3. The Kier molecular flexibility index (Phi) is 5.24. The van der Waals surface area contributed by atoms with E-state index in [1.165, 1.54) is 0 Å². The molecule has 6 heteroatoms. The average molecular weight is 387 g/mol. The Labute approximate surface area is 168 Å². The van der Waals surface area contributed by atoms with Gasteiger partial charge >= 0.3 is 0 Å². The fourth-order valence-electron chi connectivity index (χ4n) is 3.75. The SMILES string of the molecule is COc1ccc2ccccc2c1/C=N\NC(=O)C1C(=O)NCC1c1ccccc1. The van der Waals surface area contributed by atoms with Crippen LogP contribution in [0.2, 0.25) is 0 Å². The number of fused-ring (bicyclic) bond motifs is 1. The molecule has 0 aliphatic carbocycles. The van der Waals surface area contributed by atoms with Crippen LogP contribution in [0, 0.1) is 5.92 Å². The van der Waals surface area contributed by atoms with Gasteiger partial charge in [-0.05, 0) is 22.4 Å². The molecule has 0 saturated carbocycles. The summed E-state index contributed by atoms with van der Waals surface area (Å²) in [5.74, 6) is -1.09.